The number of rotatable bonds is 9. The fourth-order valence-corrected chi connectivity index (χ4v) is 4.23. The van der Waals surface area contributed by atoms with Crippen molar-refractivity contribution in [2.24, 2.45) is 0 Å². The molecule has 182 valence electrons. The highest BCUT2D eigenvalue weighted by atomic mass is 35.5. The number of hydrogen-bond acceptors (Lipinski definition) is 8. The summed E-state index contributed by atoms with van der Waals surface area (Å²) in [5.41, 5.74) is 7.87. The minimum atomic E-state index is -0.220. The lowest BCUT2D eigenvalue weighted by Crippen LogP contribution is -2.38. The van der Waals surface area contributed by atoms with Crippen LogP contribution in [0.3, 0.4) is 0 Å². The summed E-state index contributed by atoms with van der Waals surface area (Å²) in [7, 11) is 0. The largest absolute Gasteiger partial charge is 0.489 e. The Bertz CT molecular complexity index is 1320. The first-order chi connectivity index (χ1) is 16.9. The monoisotopic (exact) mass is 514 g/mol. The van der Waals surface area contributed by atoms with Gasteiger partial charge in [-0.25, -0.2) is 0 Å². The molecule has 12 heteroatoms. The van der Waals surface area contributed by atoms with Gasteiger partial charge in [0.25, 0.3) is 11.5 Å². The van der Waals surface area contributed by atoms with Crippen LogP contribution in [0.4, 0.5) is 5.69 Å². The SMILES string of the molecule is CC(=O)NCCOc1cc(-n2ccccc2=O)ccc1N1C=C(CNC(=O)c2ccc(Cl)s2)NN1. The maximum atomic E-state index is 12.3. The van der Waals surface area contributed by atoms with Gasteiger partial charge in [-0.1, -0.05) is 17.7 Å². The molecule has 0 saturated carbocycles. The highest BCUT2D eigenvalue weighted by Gasteiger charge is 2.19. The molecule has 3 aromatic rings. The molecule has 0 unspecified atom stereocenters. The standard InChI is InChI=1S/C23H23ClN6O4S/c1-15(31)25-9-11-34-19-12-17(29-10-3-2-4-22(29)32)5-6-18(19)30-14-16(27-28-30)13-26-23(33)20-7-8-21(24)35-20/h2-8,10,12,14,27-28H,9,11,13H2,1H3,(H,25,31)(H,26,33). The van der Waals surface area contributed by atoms with Gasteiger partial charge in [-0.3, -0.25) is 24.0 Å². The molecule has 3 heterocycles. The minimum Gasteiger partial charge on any atom is -0.489 e. The molecule has 0 spiro atoms. The second kappa shape index (κ2) is 11.1. The average molecular weight is 515 g/mol. The van der Waals surface area contributed by atoms with Crippen molar-refractivity contribution in [3.05, 3.63) is 86.2 Å². The molecule has 4 rings (SSSR count). The molecule has 0 aliphatic carbocycles. The third-order valence-corrected chi connectivity index (χ3v) is 6.13. The maximum absolute atomic E-state index is 12.3. The number of aromatic nitrogens is 1. The van der Waals surface area contributed by atoms with E-state index in [1.807, 2.05) is 6.07 Å². The van der Waals surface area contributed by atoms with Crippen molar-refractivity contribution in [2.75, 3.05) is 24.7 Å². The Morgan fingerprint density at radius 1 is 1.14 bits per heavy atom. The van der Waals surface area contributed by atoms with Crippen molar-refractivity contribution >= 4 is 40.4 Å². The van der Waals surface area contributed by atoms with E-state index < -0.39 is 0 Å². The zero-order valence-corrected chi connectivity index (χ0v) is 20.3. The van der Waals surface area contributed by atoms with Crippen LogP contribution < -0.4 is 36.9 Å². The molecule has 0 bridgehead atoms. The van der Waals surface area contributed by atoms with Crippen molar-refractivity contribution in [3.63, 3.8) is 0 Å². The third-order valence-electron chi connectivity index (χ3n) is 4.90. The lowest BCUT2D eigenvalue weighted by atomic mass is 10.2. The van der Waals surface area contributed by atoms with Gasteiger partial charge < -0.3 is 20.8 Å². The number of carbonyl (C=O) groups is 2. The van der Waals surface area contributed by atoms with Crippen molar-refractivity contribution in [1.82, 2.24) is 26.2 Å². The fourth-order valence-electron chi connectivity index (χ4n) is 3.27. The van der Waals surface area contributed by atoms with Gasteiger partial charge in [0, 0.05) is 31.5 Å². The second-order valence-electron chi connectivity index (χ2n) is 7.44. The molecule has 1 aliphatic heterocycles. The summed E-state index contributed by atoms with van der Waals surface area (Å²) in [5.74, 6) is 0.124. The van der Waals surface area contributed by atoms with Crippen LogP contribution in [-0.4, -0.2) is 36.1 Å². The molecule has 0 radical (unpaired) electrons. The molecule has 2 aromatic heterocycles. The van der Waals surface area contributed by atoms with E-state index >= 15 is 0 Å². The van der Waals surface area contributed by atoms with Crippen LogP contribution >= 0.6 is 22.9 Å². The molecule has 1 aliphatic rings. The summed E-state index contributed by atoms with van der Waals surface area (Å²) >= 11 is 7.11. The van der Waals surface area contributed by atoms with Gasteiger partial charge in [-0.2, -0.15) is 0 Å². The number of halogens is 1. The van der Waals surface area contributed by atoms with Crippen molar-refractivity contribution < 1.29 is 14.3 Å². The van der Waals surface area contributed by atoms with Crippen LogP contribution in [0, 0.1) is 0 Å². The Hall–Kier alpha value is -3.80. The van der Waals surface area contributed by atoms with E-state index in [1.54, 1.807) is 53.8 Å². The quantitative estimate of drug-likeness (QED) is 0.323. The smallest absolute Gasteiger partial charge is 0.261 e. The van der Waals surface area contributed by atoms with Gasteiger partial charge in [0.1, 0.15) is 18.0 Å². The maximum Gasteiger partial charge on any atom is 0.261 e. The number of amides is 2. The Morgan fingerprint density at radius 3 is 2.74 bits per heavy atom. The predicted molar refractivity (Wildman–Crippen MR) is 135 cm³/mol. The number of thiophene rings is 1. The van der Waals surface area contributed by atoms with Crippen molar-refractivity contribution in [3.8, 4) is 11.4 Å². The van der Waals surface area contributed by atoms with Gasteiger partial charge in [-0.05, 0) is 30.3 Å². The van der Waals surface area contributed by atoms with Crippen molar-refractivity contribution in [1.29, 1.82) is 0 Å². The number of anilines is 1. The number of hydrogen-bond donors (Lipinski definition) is 4. The lowest BCUT2D eigenvalue weighted by molar-refractivity contribution is -0.119. The molecule has 0 fully saturated rings. The van der Waals surface area contributed by atoms with Gasteiger partial charge >= 0.3 is 0 Å². The van der Waals surface area contributed by atoms with E-state index in [-0.39, 0.29) is 30.5 Å². The Morgan fingerprint density at radius 2 is 2.00 bits per heavy atom. The van der Waals surface area contributed by atoms with Crippen LogP contribution in [0.15, 0.2) is 71.4 Å². The molecule has 10 nitrogen and oxygen atoms in total. The lowest BCUT2D eigenvalue weighted by Gasteiger charge is -2.20. The zero-order chi connectivity index (χ0) is 24.8. The van der Waals surface area contributed by atoms with Crippen LogP contribution in [-0.2, 0) is 4.79 Å². The number of carbonyl (C=O) groups excluding carboxylic acids is 2. The second-order valence-corrected chi connectivity index (χ2v) is 9.15. The molecule has 35 heavy (non-hydrogen) atoms. The van der Waals surface area contributed by atoms with Gasteiger partial charge in [0.05, 0.1) is 33.7 Å². The molecule has 0 atom stereocenters. The minimum absolute atomic E-state index is 0.150. The summed E-state index contributed by atoms with van der Waals surface area (Å²) in [4.78, 5) is 36.3. The predicted octanol–water partition coefficient (Wildman–Crippen LogP) is 2.17. The molecule has 2 amide bonds. The Kier molecular flexibility index (Phi) is 7.70. The number of nitrogens with one attached hydrogen (secondary N) is 4. The fraction of sp³-hybridized carbons (Fsp3) is 0.174. The first-order valence-electron chi connectivity index (χ1n) is 10.6. The highest BCUT2D eigenvalue weighted by Crippen LogP contribution is 2.31. The first kappa shape index (κ1) is 24.3. The average Bonchev–Trinajstić information content (AvgIpc) is 3.49. The normalized spacial score (nSPS) is 12.6. The molecule has 1 aromatic carbocycles. The van der Waals surface area contributed by atoms with Crippen molar-refractivity contribution in [2.45, 2.75) is 6.92 Å². The Balaban J connectivity index is 1.51. The summed E-state index contributed by atoms with van der Waals surface area (Å²) in [6.45, 7) is 2.26. The number of hydrazine groups is 2. The highest BCUT2D eigenvalue weighted by molar-refractivity contribution is 7.18. The molecule has 0 saturated heterocycles. The number of nitrogens with zero attached hydrogens (tertiary/aromatic N) is 2. The number of ether oxygens (including phenoxy) is 1. The van der Waals surface area contributed by atoms with Crippen LogP contribution in [0.5, 0.6) is 5.75 Å². The van der Waals surface area contributed by atoms with Crippen LogP contribution in [0.25, 0.3) is 5.69 Å². The van der Waals surface area contributed by atoms with Gasteiger partial charge in [-0.15, -0.1) is 16.9 Å². The van der Waals surface area contributed by atoms with E-state index in [0.717, 1.165) is 0 Å². The summed E-state index contributed by atoms with van der Waals surface area (Å²) in [6, 6.07) is 13.6. The first-order valence-corrected chi connectivity index (χ1v) is 11.8. The summed E-state index contributed by atoms with van der Waals surface area (Å²) in [5, 5.41) is 7.23. The molecule has 4 N–H and O–H groups in total. The van der Waals surface area contributed by atoms with E-state index in [9.17, 15) is 14.4 Å². The Labute approximate surface area is 210 Å². The van der Waals surface area contributed by atoms with Gasteiger partial charge in [0.15, 0.2) is 0 Å². The van der Waals surface area contributed by atoms with E-state index in [4.69, 9.17) is 16.3 Å². The molecular weight excluding hydrogens is 492 g/mol. The zero-order valence-electron chi connectivity index (χ0n) is 18.7. The van der Waals surface area contributed by atoms with Gasteiger partial charge in [0.2, 0.25) is 5.91 Å². The number of benzene rings is 1. The van der Waals surface area contributed by atoms with Crippen LogP contribution in [0.1, 0.15) is 16.6 Å². The van der Waals surface area contributed by atoms with E-state index in [0.29, 0.717) is 38.6 Å². The number of pyridine rings is 1. The third kappa shape index (κ3) is 6.21. The molecular formula is C23H23ClN6O4S. The topological polar surface area (TPSA) is 117 Å². The summed E-state index contributed by atoms with van der Waals surface area (Å²) in [6.07, 6.45) is 3.46. The van der Waals surface area contributed by atoms with E-state index in [1.165, 1.54) is 28.9 Å². The van der Waals surface area contributed by atoms with Crippen LogP contribution in [0.2, 0.25) is 4.34 Å². The van der Waals surface area contributed by atoms with E-state index in [2.05, 4.69) is 21.6 Å². The summed E-state index contributed by atoms with van der Waals surface area (Å²) < 4.78 is 8.00.